The summed E-state index contributed by atoms with van der Waals surface area (Å²) in [6, 6.07) is -3.71. The largest absolute Gasteiger partial charge is 0.447 e. The van der Waals surface area contributed by atoms with E-state index < -0.39 is 154 Å². The first-order chi connectivity index (χ1) is 53.3. The first-order valence-corrected chi connectivity index (χ1v) is 40.9. The zero-order valence-corrected chi connectivity index (χ0v) is 68.3. The molecule has 3 rings (SSSR count). The molecule has 2 unspecified atom stereocenters. The number of hydrogen-bond donors (Lipinski definition) is 17. The number of morpholine rings is 2. The number of nitrogens with one attached hydrogen (secondary N) is 4. The maximum Gasteiger partial charge on any atom is 0.409 e. The molecule has 3 saturated heterocycles. The van der Waals surface area contributed by atoms with Crippen LogP contribution in [0.1, 0.15) is 117 Å². The Hall–Kier alpha value is -8.65. The Bertz CT molecular complexity index is 3340. The molecule has 3 heterocycles. The Kier molecular flexibility index (Phi) is 44.7. The van der Waals surface area contributed by atoms with E-state index in [0.29, 0.717) is 0 Å². The lowest BCUT2D eigenvalue weighted by Gasteiger charge is -2.44. The minimum absolute atomic E-state index is 0.00962. The molecule has 3 aliphatic rings. The highest BCUT2D eigenvalue weighted by Crippen LogP contribution is 2.55. The molecule has 3 fully saturated rings. The van der Waals surface area contributed by atoms with Crippen LogP contribution >= 0.6 is 15.3 Å². The van der Waals surface area contributed by atoms with E-state index in [4.69, 9.17) is 97.2 Å². The van der Waals surface area contributed by atoms with Gasteiger partial charge in [-0.2, -0.15) is 0 Å². The van der Waals surface area contributed by atoms with Crippen LogP contribution in [0.4, 0.5) is 4.79 Å². The van der Waals surface area contributed by atoms with Gasteiger partial charge < -0.3 is 128 Å². The summed E-state index contributed by atoms with van der Waals surface area (Å²) in [5, 5.41) is 20.0. The number of amides is 6. The molecule has 45 nitrogen and oxygen atoms in total. The summed E-state index contributed by atoms with van der Waals surface area (Å²) in [6.45, 7) is 4.73. The summed E-state index contributed by atoms with van der Waals surface area (Å²) in [6.07, 6.45) is -3.56. The second-order valence-electron chi connectivity index (χ2n) is 28.2. The average Bonchev–Trinajstić information content (AvgIpc) is 0.793. The van der Waals surface area contributed by atoms with E-state index in [-0.39, 0.29) is 231 Å². The van der Waals surface area contributed by atoms with E-state index in [0.717, 1.165) is 0 Å². The van der Waals surface area contributed by atoms with Crippen LogP contribution in [0.2, 0.25) is 0 Å². The molecule has 3 aliphatic heterocycles. The number of ether oxygens (including phenoxy) is 3. The minimum atomic E-state index is -3.88. The minimum Gasteiger partial charge on any atom is -0.447 e. The SMILES string of the molecule is CC(=O)N[C@@H](CCCN=C(N)N)C(=O)C[C@@H](CCCN=C(N)N)C(=O)N[C@@H](CCCN=C(N)N)C(=O)C[C@@H](CCCN=C(N)N)C(=O)N[C@@H](CCCN=C(N)N)C(=O)C[C@@H](CCCN=C(N)N)C(=O)NCC(=O)N1C[C@@H](COP(=O)(N(C)C)N2C[C@@H](COP(=O)(N(C)C)N3CCN(C(=O)OCCO)CC3)O[C@@H](C)C2)O[C@@H](C)C1. The fourth-order valence-corrected chi connectivity index (χ4v) is 16.8. The van der Waals surface area contributed by atoms with Crippen LogP contribution in [-0.4, -0.2) is 318 Å². The van der Waals surface area contributed by atoms with Crippen LogP contribution in [0.15, 0.2) is 30.0 Å². The van der Waals surface area contributed by atoms with Crippen LogP contribution in [0.25, 0.3) is 0 Å². The Morgan fingerprint density at radius 2 is 0.814 bits per heavy atom. The lowest BCUT2D eigenvalue weighted by atomic mass is 9.89. The molecule has 0 spiro atoms. The van der Waals surface area contributed by atoms with Crippen molar-refractivity contribution >= 4 is 104 Å². The van der Waals surface area contributed by atoms with E-state index in [2.05, 4.69) is 51.2 Å². The monoisotopic (exact) mass is 1650 g/mol. The van der Waals surface area contributed by atoms with E-state index in [1.165, 1.54) is 26.1 Å². The van der Waals surface area contributed by atoms with Gasteiger partial charge in [0, 0.05) is 136 Å². The van der Waals surface area contributed by atoms with Crippen molar-refractivity contribution in [1.82, 2.24) is 49.7 Å². The van der Waals surface area contributed by atoms with Crippen molar-refractivity contribution in [1.29, 1.82) is 0 Å². The maximum atomic E-state index is 15.1. The Labute approximate surface area is 660 Å². The summed E-state index contributed by atoms with van der Waals surface area (Å²) in [7, 11) is -1.13. The van der Waals surface area contributed by atoms with Gasteiger partial charge in [0.2, 0.25) is 29.5 Å². The number of ketones is 3. The van der Waals surface area contributed by atoms with Crippen LogP contribution in [0.3, 0.4) is 0 Å². The van der Waals surface area contributed by atoms with E-state index in [1.54, 1.807) is 51.4 Å². The Morgan fingerprint density at radius 1 is 0.469 bits per heavy atom. The number of aliphatic hydroxyl groups is 1. The molecular formula is C66H128N28O17P2. The fraction of sp³-hybridized carbons (Fsp3) is 0.773. The van der Waals surface area contributed by atoms with E-state index >= 15 is 4.57 Å². The first-order valence-electron chi connectivity index (χ1n) is 37.8. The molecule has 0 bridgehead atoms. The number of rotatable bonds is 53. The molecule has 644 valence electrons. The number of carbonyl (C=O) groups excluding carboxylic acids is 9. The van der Waals surface area contributed by atoms with Gasteiger partial charge in [0.15, 0.2) is 53.1 Å². The lowest BCUT2D eigenvalue weighted by molar-refractivity contribution is -0.147. The van der Waals surface area contributed by atoms with Crippen LogP contribution in [-0.2, 0) is 70.7 Å². The summed E-state index contributed by atoms with van der Waals surface area (Å²) in [5.74, 6) is -9.84. The van der Waals surface area contributed by atoms with Gasteiger partial charge in [-0.1, -0.05) is 0 Å². The zero-order chi connectivity index (χ0) is 84.5. The van der Waals surface area contributed by atoms with Gasteiger partial charge in [-0.05, 0) is 119 Å². The molecular weight excluding hydrogens is 1520 g/mol. The van der Waals surface area contributed by atoms with Crippen molar-refractivity contribution in [2.75, 3.05) is 153 Å². The number of aliphatic hydroxyl groups excluding tert-OH is 1. The van der Waals surface area contributed by atoms with Gasteiger partial charge in [-0.15, -0.1) is 0 Å². The smallest absolute Gasteiger partial charge is 0.409 e. The normalized spacial score (nSPS) is 19.3. The van der Waals surface area contributed by atoms with Gasteiger partial charge in [0.25, 0.3) is 0 Å². The fourth-order valence-electron chi connectivity index (χ4n) is 12.7. The van der Waals surface area contributed by atoms with Crippen molar-refractivity contribution in [3.8, 4) is 0 Å². The summed E-state index contributed by atoms with van der Waals surface area (Å²) in [5.41, 5.74) is 67.2. The van der Waals surface area contributed by atoms with Crippen molar-refractivity contribution in [3.05, 3.63) is 0 Å². The van der Waals surface area contributed by atoms with Gasteiger partial charge in [0.1, 0.15) is 6.61 Å². The molecule has 0 saturated carbocycles. The molecule has 29 N–H and O–H groups in total. The highest BCUT2D eigenvalue weighted by molar-refractivity contribution is 7.54. The van der Waals surface area contributed by atoms with Crippen LogP contribution < -0.4 is 90.1 Å². The van der Waals surface area contributed by atoms with E-state index in [9.17, 15) is 47.7 Å². The number of Topliss-reactive ketones (excluding diaryl/α,β-unsaturated/α-hetero) is 3. The van der Waals surface area contributed by atoms with Gasteiger partial charge in [-0.25, -0.2) is 23.5 Å². The predicted molar refractivity (Wildman–Crippen MR) is 426 cm³/mol. The summed E-state index contributed by atoms with van der Waals surface area (Å²) < 4.78 is 65.9. The summed E-state index contributed by atoms with van der Waals surface area (Å²) >= 11 is 0. The first kappa shape index (κ1) is 98.5. The second kappa shape index (κ2) is 51.2. The number of guanidine groups is 6. The molecule has 6 amide bonds. The molecule has 0 radical (unpaired) electrons. The van der Waals surface area contributed by atoms with Crippen molar-refractivity contribution in [3.63, 3.8) is 0 Å². The third-order valence-corrected chi connectivity index (χ3v) is 23.4. The number of carbonyl (C=O) groups is 9. The van der Waals surface area contributed by atoms with Crippen molar-refractivity contribution in [2.24, 2.45) is 117 Å². The molecule has 47 heteroatoms. The highest BCUT2D eigenvalue weighted by Gasteiger charge is 2.45. The van der Waals surface area contributed by atoms with Gasteiger partial charge in [-0.3, -0.25) is 77.4 Å². The quantitative estimate of drug-likeness (QED) is 0.0117. The molecule has 113 heavy (non-hydrogen) atoms. The van der Waals surface area contributed by atoms with Gasteiger partial charge in [0.05, 0.1) is 68.9 Å². The van der Waals surface area contributed by atoms with Crippen molar-refractivity contribution < 1.29 is 80.6 Å². The standard InChI is InChI=1S/C66H128N28O17P2/c1-42-36-92(38-48(110-42)40-109-113(106,90(6)7)94-37-43(2)111-49(39-94)41-108-112(105,89(4)5)93-28-26-91(27-29-93)66(104)107-31-30-95)56(100)35-85-57(101)45(14-8-20-79-60(67)68)32-54(98)51(18-12-24-83-64(75)76)87-59(103)47(16-10-22-81-62(71)72)34-55(99)52(19-13-25-84-65(77)78)88-58(102)46(15-9-21-80-61(69)70)33-53(97)50(86-44(3)96)17-11-23-82-63(73)74/h42-43,45-52,95H,8-41H2,1-7H3,(H,85,101)(H,86,96)(H,87,103)(H,88,102)(H4,67,68,79)(H4,69,70,80)(H4,71,72,81)(H4,73,74,82)(H4,75,76,83)(H4,77,78,84)/t42-,43-,45+,46+,47+,48-,49-,50-,51-,52-,112?,113?/m0/s1. The highest BCUT2D eigenvalue weighted by atomic mass is 31.2. The number of piperazine rings is 1. The number of nitrogens with zero attached hydrogens (tertiary/aromatic N) is 12. The molecule has 0 aromatic rings. The second-order valence-corrected chi connectivity index (χ2v) is 33.5. The van der Waals surface area contributed by atoms with Crippen LogP contribution in [0, 0.1) is 17.8 Å². The molecule has 0 aromatic carbocycles. The third kappa shape index (κ3) is 37.5. The third-order valence-electron chi connectivity index (χ3n) is 18.3. The number of hydrogen-bond acceptors (Lipinski definition) is 23. The Balaban J connectivity index is 1.91. The Morgan fingerprint density at radius 3 is 1.18 bits per heavy atom. The van der Waals surface area contributed by atoms with Crippen LogP contribution in [0.5, 0.6) is 0 Å². The van der Waals surface area contributed by atoms with Gasteiger partial charge >= 0.3 is 21.4 Å². The number of nitrogens with two attached hydrogens (primary N) is 12. The van der Waals surface area contributed by atoms with E-state index in [1.807, 2.05) is 0 Å². The topological polar surface area (TPSA) is 708 Å². The average molecular weight is 1650 g/mol. The molecule has 0 aliphatic carbocycles. The maximum absolute atomic E-state index is 15.1. The number of aliphatic imine (C=N–C) groups is 6. The molecule has 0 aromatic heterocycles. The lowest BCUT2D eigenvalue weighted by Crippen LogP contribution is -2.53. The predicted octanol–water partition coefficient (Wildman–Crippen LogP) is -5.55. The van der Waals surface area contributed by atoms with Crippen molar-refractivity contribution in [2.45, 2.75) is 160 Å². The molecule has 12 atom stereocenters. The zero-order valence-electron chi connectivity index (χ0n) is 66.5. The summed E-state index contributed by atoms with van der Waals surface area (Å²) in [4.78, 5) is 154.